The van der Waals surface area contributed by atoms with Gasteiger partial charge in [0.15, 0.2) is 23.0 Å². The molecule has 8 nitrogen and oxygen atoms in total. The van der Waals surface area contributed by atoms with Crippen LogP contribution >= 0.6 is 0 Å². The lowest BCUT2D eigenvalue weighted by atomic mass is 9.96. The van der Waals surface area contributed by atoms with Crippen LogP contribution in [0.5, 0.6) is 5.75 Å². The van der Waals surface area contributed by atoms with Crippen LogP contribution in [0.1, 0.15) is 45.1 Å². The fourth-order valence-corrected chi connectivity index (χ4v) is 5.53. The molecule has 6 rings (SSSR count). The van der Waals surface area contributed by atoms with Crippen molar-refractivity contribution in [3.8, 4) is 17.0 Å². The molecule has 1 saturated carbocycles. The molecule has 2 fully saturated rings. The zero-order valence-electron chi connectivity index (χ0n) is 20.8. The Hall–Kier alpha value is -3.20. The Balaban J connectivity index is 1.42. The van der Waals surface area contributed by atoms with E-state index in [4.69, 9.17) is 4.74 Å². The fraction of sp³-hybridized carbons (Fsp3) is 0.500. The number of rotatable bonds is 6. The van der Waals surface area contributed by atoms with Crippen molar-refractivity contribution in [1.29, 1.82) is 0 Å². The highest BCUT2D eigenvalue weighted by Crippen LogP contribution is 2.40. The highest BCUT2D eigenvalue weighted by atomic mass is 19.1. The van der Waals surface area contributed by atoms with Gasteiger partial charge in [0, 0.05) is 49.4 Å². The van der Waals surface area contributed by atoms with Gasteiger partial charge < -0.3 is 14.6 Å². The van der Waals surface area contributed by atoms with Gasteiger partial charge in [-0.15, -0.1) is 0 Å². The van der Waals surface area contributed by atoms with E-state index in [0.717, 1.165) is 42.4 Å². The smallest absolute Gasteiger partial charge is 0.197 e. The van der Waals surface area contributed by atoms with Crippen molar-refractivity contribution in [3.63, 3.8) is 0 Å². The number of hydrogen-bond donors (Lipinski definition) is 1. The minimum absolute atomic E-state index is 0.0914. The van der Waals surface area contributed by atoms with E-state index in [9.17, 15) is 0 Å². The van der Waals surface area contributed by atoms with Crippen molar-refractivity contribution in [2.24, 2.45) is 5.92 Å². The Morgan fingerprint density at radius 2 is 2.06 bits per heavy atom. The normalized spacial score (nSPS) is 19.4. The Morgan fingerprint density at radius 1 is 1.23 bits per heavy atom. The number of halogens is 1. The molecule has 0 spiro atoms. The van der Waals surface area contributed by atoms with Gasteiger partial charge in [-0.3, -0.25) is 4.90 Å². The highest BCUT2D eigenvalue weighted by Gasteiger charge is 2.32. The molecule has 4 aromatic heterocycles. The molecule has 1 saturated heterocycles. The minimum atomic E-state index is -0.245. The number of H-pyrrole nitrogens is 1. The first-order chi connectivity index (χ1) is 16.9. The molecule has 1 atom stereocenters. The first kappa shape index (κ1) is 22.3. The van der Waals surface area contributed by atoms with Crippen LogP contribution in [0.4, 0.5) is 10.2 Å². The third kappa shape index (κ3) is 3.82. The van der Waals surface area contributed by atoms with E-state index >= 15 is 4.39 Å². The molecule has 2 aliphatic rings. The van der Waals surface area contributed by atoms with Crippen LogP contribution in [0, 0.1) is 11.7 Å². The second kappa shape index (κ2) is 8.48. The van der Waals surface area contributed by atoms with Gasteiger partial charge in [-0.2, -0.15) is 5.10 Å². The van der Waals surface area contributed by atoms with Crippen LogP contribution in [-0.2, 0) is 0 Å². The zero-order valence-corrected chi connectivity index (χ0v) is 20.8. The predicted molar refractivity (Wildman–Crippen MR) is 135 cm³/mol. The van der Waals surface area contributed by atoms with Crippen molar-refractivity contribution in [2.75, 3.05) is 38.2 Å². The number of aromatic amines is 1. The number of aromatic nitrogens is 5. The van der Waals surface area contributed by atoms with Crippen molar-refractivity contribution in [3.05, 3.63) is 36.2 Å². The number of nitrogens with zero attached hydrogens (tertiary/aromatic N) is 6. The second-order valence-corrected chi connectivity index (χ2v) is 10.3. The summed E-state index contributed by atoms with van der Waals surface area (Å²) in [5.74, 6) is 1.78. The number of methoxy groups -OCH3 is 1. The average molecular weight is 478 g/mol. The zero-order chi connectivity index (χ0) is 24.3. The van der Waals surface area contributed by atoms with Crippen LogP contribution in [0.15, 0.2) is 24.8 Å². The van der Waals surface area contributed by atoms with Gasteiger partial charge in [0.1, 0.15) is 6.33 Å². The maximum absolute atomic E-state index is 16.3. The molecule has 0 aromatic carbocycles. The Kier molecular flexibility index (Phi) is 5.40. The first-order valence-electron chi connectivity index (χ1n) is 12.5. The topological polar surface area (TPSA) is 74.6 Å². The molecular weight excluding hydrogens is 445 g/mol. The number of anilines is 1. The number of ether oxygens (including phenoxy) is 1. The van der Waals surface area contributed by atoms with Crippen molar-refractivity contribution in [2.45, 2.75) is 45.6 Å². The molecule has 4 aromatic rings. The largest absolute Gasteiger partial charge is 0.493 e. The van der Waals surface area contributed by atoms with Gasteiger partial charge in [0.2, 0.25) is 0 Å². The number of piperazine rings is 1. The Labute approximate surface area is 204 Å². The van der Waals surface area contributed by atoms with Gasteiger partial charge in [-0.1, -0.05) is 13.8 Å². The Bertz CT molecular complexity index is 1390. The number of nitrogens with one attached hydrogen (secondary N) is 1. The van der Waals surface area contributed by atoms with Gasteiger partial charge in [0.25, 0.3) is 0 Å². The van der Waals surface area contributed by atoms with Crippen molar-refractivity contribution < 1.29 is 9.13 Å². The van der Waals surface area contributed by atoms with Gasteiger partial charge >= 0.3 is 0 Å². The summed E-state index contributed by atoms with van der Waals surface area (Å²) in [4.78, 5) is 17.0. The monoisotopic (exact) mass is 477 g/mol. The maximum Gasteiger partial charge on any atom is 0.197 e. The van der Waals surface area contributed by atoms with Crippen LogP contribution in [0.3, 0.4) is 0 Å². The molecular formula is C26H32FN7O. The van der Waals surface area contributed by atoms with Gasteiger partial charge in [-0.05, 0) is 43.2 Å². The van der Waals surface area contributed by atoms with Crippen LogP contribution < -0.4 is 9.64 Å². The summed E-state index contributed by atoms with van der Waals surface area (Å²) in [6.07, 6.45) is 7.88. The molecule has 0 bridgehead atoms. The average Bonchev–Trinajstić information content (AvgIpc) is 3.36. The highest BCUT2D eigenvalue weighted by molar-refractivity contribution is 5.93. The molecule has 0 unspecified atom stereocenters. The van der Waals surface area contributed by atoms with Crippen LogP contribution in [0.25, 0.3) is 27.8 Å². The summed E-state index contributed by atoms with van der Waals surface area (Å²) < 4.78 is 23.5. The Morgan fingerprint density at radius 3 is 2.77 bits per heavy atom. The lowest BCUT2D eigenvalue weighted by Gasteiger charge is -2.40. The minimum Gasteiger partial charge on any atom is -0.493 e. The van der Waals surface area contributed by atoms with E-state index < -0.39 is 0 Å². The lowest BCUT2D eigenvalue weighted by molar-refractivity contribution is 0.219. The van der Waals surface area contributed by atoms with Gasteiger partial charge in [-0.25, -0.2) is 18.9 Å². The van der Waals surface area contributed by atoms with E-state index in [1.165, 1.54) is 25.7 Å². The fourth-order valence-electron chi connectivity index (χ4n) is 5.53. The van der Waals surface area contributed by atoms with E-state index in [-0.39, 0.29) is 17.8 Å². The standard InChI is InChI=1S/C26H32FN7O/c1-15(2)21-22-19(31-24(21)18-9-20(35-4)25-29-14-30-34(25)13-18)10-28-26(23(22)27)33-8-7-32(11-16(33)3)12-17-5-6-17/h9-10,13-17,31H,5-8,11-12H2,1-4H3/t16-/m1/s1. The molecule has 1 N–H and O–H groups in total. The molecule has 0 amide bonds. The SMILES string of the molecule is COc1cc(-c2[nH]c3cnc(N4CCN(CC5CC5)C[C@H]4C)c(F)c3c2C(C)C)cn2ncnc12. The molecule has 9 heteroatoms. The molecule has 0 radical (unpaired) electrons. The first-order valence-corrected chi connectivity index (χ1v) is 12.5. The lowest BCUT2D eigenvalue weighted by Crippen LogP contribution is -2.53. The number of fused-ring (bicyclic) bond motifs is 2. The molecule has 1 aliphatic heterocycles. The second-order valence-electron chi connectivity index (χ2n) is 10.3. The third-order valence-corrected chi connectivity index (χ3v) is 7.42. The molecule has 35 heavy (non-hydrogen) atoms. The quantitative estimate of drug-likeness (QED) is 0.442. The summed E-state index contributed by atoms with van der Waals surface area (Å²) in [6.45, 7) is 10.2. The molecule has 1 aliphatic carbocycles. The molecule has 5 heterocycles. The van der Waals surface area contributed by atoms with E-state index in [1.54, 1.807) is 17.8 Å². The third-order valence-electron chi connectivity index (χ3n) is 7.42. The van der Waals surface area contributed by atoms with Crippen molar-refractivity contribution >= 4 is 22.4 Å². The van der Waals surface area contributed by atoms with Crippen LogP contribution in [-0.4, -0.2) is 68.8 Å². The summed E-state index contributed by atoms with van der Waals surface area (Å²) in [5, 5.41) is 4.90. The summed E-state index contributed by atoms with van der Waals surface area (Å²) >= 11 is 0. The summed E-state index contributed by atoms with van der Waals surface area (Å²) in [6, 6.07) is 2.13. The van der Waals surface area contributed by atoms with Crippen LogP contribution in [0.2, 0.25) is 0 Å². The summed E-state index contributed by atoms with van der Waals surface area (Å²) in [5.41, 5.74) is 3.99. The summed E-state index contributed by atoms with van der Waals surface area (Å²) in [7, 11) is 1.61. The number of hydrogen-bond acceptors (Lipinski definition) is 6. The maximum atomic E-state index is 16.3. The number of pyridine rings is 2. The predicted octanol–water partition coefficient (Wildman–Crippen LogP) is 4.46. The van der Waals surface area contributed by atoms with E-state index in [2.05, 4.69) is 50.6 Å². The van der Waals surface area contributed by atoms with E-state index in [0.29, 0.717) is 28.1 Å². The van der Waals surface area contributed by atoms with Crippen molar-refractivity contribution in [1.82, 2.24) is 29.5 Å². The van der Waals surface area contributed by atoms with E-state index in [1.807, 2.05) is 12.3 Å². The molecule has 184 valence electrons. The van der Waals surface area contributed by atoms with Gasteiger partial charge in [0.05, 0.1) is 24.5 Å².